The fraction of sp³-hybridized carbons (Fsp3) is 0.143. The van der Waals surface area contributed by atoms with Crippen molar-refractivity contribution in [2.24, 2.45) is 0 Å². The quantitative estimate of drug-likeness (QED) is 0.466. The highest BCUT2D eigenvalue weighted by Gasteiger charge is 2.29. The summed E-state index contributed by atoms with van der Waals surface area (Å²) in [6, 6.07) is 14.4. The van der Waals surface area contributed by atoms with Crippen LogP contribution in [0.4, 0.5) is 14.5 Å². The maximum atomic E-state index is 13.7. The number of hydrogen-bond acceptors (Lipinski definition) is 4. The molecular weight excluding hydrogens is 410 g/mol. The van der Waals surface area contributed by atoms with Crippen LogP contribution in [0, 0.1) is 11.6 Å². The predicted molar refractivity (Wildman–Crippen MR) is 109 cm³/mol. The summed E-state index contributed by atoms with van der Waals surface area (Å²) < 4.78 is 57.5. The minimum absolute atomic E-state index is 0.0436. The highest BCUT2D eigenvalue weighted by atomic mass is 32.2. The van der Waals surface area contributed by atoms with Gasteiger partial charge < -0.3 is 0 Å². The van der Waals surface area contributed by atoms with E-state index in [9.17, 15) is 17.2 Å². The fourth-order valence-corrected chi connectivity index (χ4v) is 4.85. The molecule has 0 unspecified atom stereocenters. The SMILES string of the molecule is CCc1nnc2c(S(=O)(=O)N(Cc3cc(F)cc(F)c3)c3ccccc3)cccn12. The number of aromatic nitrogens is 3. The zero-order valence-electron chi connectivity index (χ0n) is 16.0. The highest BCUT2D eigenvalue weighted by Crippen LogP contribution is 2.28. The summed E-state index contributed by atoms with van der Waals surface area (Å²) in [6.07, 6.45) is 2.28. The summed E-state index contributed by atoms with van der Waals surface area (Å²) in [4.78, 5) is -0.0436. The summed E-state index contributed by atoms with van der Waals surface area (Å²) in [5, 5.41) is 8.11. The van der Waals surface area contributed by atoms with Crippen molar-refractivity contribution in [2.75, 3.05) is 4.31 Å². The number of fused-ring (bicyclic) bond motifs is 1. The fourth-order valence-electron chi connectivity index (χ4n) is 3.28. The van der Waals surface area contributed by atoms with Crippen LogP contribution in [-0.2, 0) is 23.0 Å². The van der Waals surface area contributed by atoms with Crippen LogP contribution in [0.2, 0.25) is 0 Å². The smallest absolute Gasteiger partial charge is 0.268 e. The molecule has 0 radical (unpaired) electrons. The maximum Gasteiger partial charge on any atom is 0.268 e. The number of halogens is 2. The topological polar surface area (TPSA) is 67.6 Å². The van der Waals surface area contributed by atoms with Crippen LogP contribution in [-0.4, -0.2) is 23.0 Å². The van der Waals surface area contributed by atoms with Crippen molar-refractivity contribution in [3.05, 3.63) is 89.9 Å². The van der Waals surface area contributed by atoms with Crippen LogP contribution >= 0.6 is 0 Å². The standard InChI is InChI=1S/C21H18F2N4O2S/c1-2-20-24-25-21-19(9-6-10-26(20)21)30(28,29)27(18-7-4-3-5-8-18)14-15-11-16(22)13-17(23)12-15/h3-13H,2,14H2,1H3. The van der Waals surface area contributed by atoms with E-state index in [1.54, 1.807) is 47.0 Å². The van der Waals surface area contributed by atoms with E-state index in [2.05, 4.69) is 10.2 Å². The van der Waals surface area contributed by atoms with Crippen LogP contribution in [0.25, 0.3) is 5.65 Å². The first-order valence-corrected chi connectivity index (χ1v) is 10.7. The molecule has 0 saturated heterocycles. The van der Waals surface area contributed by atoms with E-state index in [4.69, 9.17) is 0 Å². The molecule has 0 aliphatic rings. The molecule has 0 atom stereocenters. The minimum atomic E-state index is -4.13. The Kier molecular flexibility index (Phi) is 5.21. The van der Waals surface area contributed by atoms with Crippen molar-refractivity contribution in [3.8, 4) is 0 Å². The van der Waals surface area contributed by atoms with Crippen LogP contribution in [0.15, 0.2) is 71.8 Å². The van der Waals surface area contributed by atoms with E-state index < -0.39 is 21.7 Å². The normalized spacial score (nSPS) is 11.7. The van der Waals surface area contributed by atoms with E-state index in [-0.39, 0.29) is 22.7 Å². The second-order valence-corrected chi connectivity index (χ2v) is 8.49. The first-order valence-electron chi connectivity index (χ1n) is 9.25. The molecule has 6 nitrogen and oxygen atoms in total. The molecule has 0 bridgehead atoms. The molecule has 0 aliphatic heterocycles. The molecule has 2 aromatic heterocycles. The molecule has 0 saturated carbocycles. The molecule has 30 heavy (non-hydrogen) atoms. The third-order valence-electron chi connectivity index (χ3n) is 4.65. The van der Waals surface area contributed by atoms with Crippen molar-refractivity contribution >= 4 is 21.4 Å². The van der Waals surface area contributed by atoms with Gasteiger partial charge in [-0.25, -0.2) is 17.2 Å². The first-order chi connectivity index (χ1) is 14.4. The van der Waals surface area contributed by atoms with Crippen molar-refractivity contribution in [3.63, 3.8) is 0 Å². The van der Waals surface area contributed by atoms with Crippen molar-refractivity contribution in [1.82, 2.24) is 14.6 Å². The van der Waals surface area contributed by atoms with Gasteiger partial charge in [0.05, 0.1) is 12.2 Å². The summed E-state index contributed by atoms with van der Waals surface area (Å²) in [6.45, 7) is 1.64. The molecule has 4 rings (SSSR count). The van der Waals surface area contributed by atoms with Crippen molar-refractivity contribution in [2.45, 2.75) is 24.8 Å². The number of rotatable bonds is 6. The third kappa shape index (κ3) is 3.63. The van der Waals surface area contributed by atoms with Crippen LogP contribution in [0.1, 0.15) is 18.3 Å². The van der Waals surface area contributed by atoms with E-state index in [1.807, 2.05) is 6.92 Å². The van der Waals surface area contributed by atoms with Crippen molar-refractivity contribution < 1.29 is 17.2 Å². The van der Waals surface area contributed by atoms with Crippen LogP contribution in [0.5, 0.6) is 0 Å². The van der Waals surface area contributed by atoms with Crippen LogP contribution < -0.4 is 4.31 Å². The molecule has 9 heteroatoms. The Balaban J connectivity index is 1.87. The lowest BCUT2D eigenvalue weighted by atomic mass is 10.2. The van der Waals surface area contributed by atoms with Gasteiger partial charge in [-0.05, 0) is 42.0 Å². The van der Waals surface area contributed by atoms with Gasteiger partial charge in [0.15, 0.2) is 5.65 Å². The second-order valence-electron chi connectivity index (χ2n) is 6.66. The predicted octanol–water partition coefficient (Wildman–Crippen LogP) is 3.97. The Morgan fingerprint density at radius 3 is 2.33 bits per heavy atom. The zero-order valence-corrected chi connectivity index (χ0v) is 16.9. The Hall–Kier alpha value is -3.33. The maximum absolute atomic E-state index is 13.7. The Bertz CT molecular complexity index is 1290. The van der Waals surface area contributed by atoms with Gasteiger partial charge in [0.1, 0.15) is 22.4 Å². The molecule has 2 aromatic carbocycles. The summed E-state index contributed by atoms with van der Waals surface area (Å²) in [5.41, 5.74) is 0.739. The average Bonchev–Trinajstić information content (AvgIpc) is 3.15. The van der Waals surface area contributed by atoms with Crippen molar-refractivity contribution in [1.29, 1.82) is 0 Å². The number of benzene rings is 2. The van der Waals surface area contributed by atoms with Gasteiger partial charge in [0.2, 0.25) is 0 Å². The Morgan fingerprint density at radius 1 is 0.967 bits per heavy atom. The van der Waals surface area contributed by atoms with Gasteiger partial charge in [-0.1, -0.05) is 25.1 Å². The number of pyridine rings is 1. The van der Waals surface area contributed by atoms with E-state index in [0.717, 1.165) is 22.5 Å². The lowest BCUT2D eigenvalue weighted by molar-refractivity contribution is 0.576. The average molecular weight is 428 g/mol. The van der Waals surface area contributed by atoms with Gasteiger partial charge in [0.25, 0.3) is 10.0 Å². The molecule has 0 aliphatic carbocycles. The Labute approximate surface area is 172 Å². The highest BCUT2D eigenvalue weighted by molar-refractivity contribution is 7.93. The number of hydrogen-bond donors (Lipinski definition) is 0. The lowest BCUT2D eigenvalue weighted by Gasteiger charge is -2.25. The lowest BCUT2D eigenvalue weighted by Crippen LogP contribution is -2.31. The number of sulfonamides is 1. The third-order valence-corrected chi connectivity index (χ3v) is 6.44. The molecule has 0 spiro atoms. The molecule has 4 aromatic rings. The minimum Gasteiger partial charge on any atom is -0.285 e. The largest absolute Gasteiger partial charge is 0.285 e. The molecule has 154 valence electrons. The van der Waals surface area contributed by atoms with E-state index in [0.29, 0.717) is 17.9 Å². The summed E-state index contributed by atoms with van der Waals surface area (Å²) in [5.74, 6) is -0.925. The Morgan fingerprint density at radius 2 is 1.67 bits per heavy atom. The molecule has 0 fully saturated rings. The van der Waals surface area contributed by atoms with Crippen LogP contribution in [0.3, 0.4) is 0 Å². The number of para-hydroxylation sites is 1. The molecular formula is C21H18F2N4O2S. The number of anilines is 1. The van der Waals surface area contributed by atoms with E-state index in [1.165, 1.54) is 6.07 Å². The zero-order chi connectivity index (χ0) is 21.3. The number of nitrogens with zero attached hydrogens (tertiary/aromatic N) is 4. The van der Waals surface area contributed by atoms with Gasteiger partial charge in [0, 0.05) is 18.7 Å². The first kappa shape index (κ1) is 20.0. The van der Waals surface area contributed by atoms with Gasteiger partial charge in [-0.3, -0.25) is 8.71 Å². The summed E-state index contributed by atoms with van der Waals surface area (Å²) >= 11 is 0. The monoisotopic (exact) mass is 428 g/mol. The van der Waals surface area contributed by atoms with Gasteiger partial charge in [-0.2, -0.15) is 0 Å². The second kappa shape index (κ2) is 7.83. The molecule has 0 amide bonds. The van der Waals surface area contributed by atoms with Gasteiger partial charge in [-0.15, -0.1) is 10.2 Å². The summed E-state index contributed by atoms with van der Waals surface area (Å²) in [7, 11) is -4.13. The molecule has 2 heterocycles. The van der Waals surface area contributed by atoms with E-state index >= 15 is 0 Å². The number of aryl methyl sites for hydroxylation is 1. The molecule has 0 N–H and O–H groups in total. The van der Waals surface area contributed by atoms with Gasteiger partial charge >= 0.3 is 0 Å².